The number of benzene rings is 1. The Kier molecular flexibility index (Phi) is 6.38. The van der Waals surface area contributed by atoms with Crippen molar-refractivity contribution in [2.24, 2.45) is 0 Å². The van der Waals surface area contributed by atoms with Gasteiger partial charge in [-0.2, -0.15) is 0 Å². The molecule has 17 heavy (non-hydrogen) atoms. The van der Waals surface area contributed by atoms with Gasteiger partial charge in [-0.25, -0.2) is 0 Å². The Labute approximate surface area is 104 Å². The van der Waals surface area contributed by atoms with Gasteiger partial charge in [-0.05, 0) is 25.5 Å². The quantitative estimate of drug-likeness (QED) is 0.497. The van der Waals surface area contributed by atoms with Gasteiger partial charge in [0.15, 0.2) is 5.78 Å². The van der Waals surface area contributed by atoms with E-state index >= 15 is 0 Å². The van der Waals surface area contributed by atoms with Crippen molar-refractivity contribution in [3.63, 3.8) is 0 Å². The highest BCUT2D eigenvalue weighted by Gasteiger charge is 2.06. The first-order valence-electron chi connectivity index (χ1n) is 6.54. The normalized spacial score (nSPS) is 10.2. The van der Waals surface area contributed by atoms with E-state index in [2.05, 4.69) is 6.92 Å². The van der Waals surface area contributed by atoms with Crippen molar-refractivity contribution in [2.75, 3.05) is 6.61 Å². The van der Waals surface area contributed by atoms with Gasteiger partial charge in [0, 0.05) is 12.0 Å². The molecule has 2 heteroatoms. The second kappa shape index (κ2) is 7.88. The largest absolute Gasteiger partial charge is 0.494 e. The summed E-state index contributed by atoms with van der Waals surface area (Å²) in [4.78, 5) is 11.9. The fourth-order valence-electron chi connectivity index (χ4n) is 1.78. The van der Waals surface area contributed by atoms with Crippen LogP contribution in [0.3, 0.4) is 0 Å². The molecule has 0 unspecified atom stereocenters. The fourth-order valence-corrected chi connectivity index (χ4v) is 1.78. The van der Waals surface area contributed by atoms with Gasteiger partial charge < -0.3 is 4.74 Å². The van der Waals surface area contributed by atoms with E-state index in [1.54, 1.807) is 0 Å². The van der Waals surface area contributed by atoms with Gasteiger partial charge >= 0.3 is 0 Å². The van der Waals surface area contributed by atoms with Crippen LogP contribution in [0.15, 0.2) is 24.3 Å². The summed E-state index contributed by atoms with van der Waals surface area (Å²) in [7, 11) is 0. The van der Waals surface area contributed by atoms with E-state index in [0.29, 0.717) is 13.0 Å². The van der Waals surface area contributed by atoms with Crippen LogP contribution in [0.5, 0.6) is 5.75 Å². The van der Waals surface area contributed by atoms with Crippen LogP contribution in [0.2, 0.25) is 0 Å². The second-order valence-corrected chi connectivity index (χ2v) is 4.19. The van der Waals surface area contributed by atoms with Gasteiger partial charge in [0.2, 0.25) is 0 Å². The Balaban J connectivity index is 2.47. The Morgan fingerprint density at radius 3 is 2.71 bits per heavy atom. The maximum absolute atomic E-state index is 11.9. The Bertz CT molecular complexity index is 345. The van der Waals surface area contributed by atoms with E-state index in [4.69, 9.17) is 4.74 Å². The first kappa shape index (κ1) is 13.8. The van der Waals surface area contributed by atoms with Crippen molar-refractivity contribution in [1.82, 2.24) is 0 Å². The van der Waals surface area contributed by atoms with Crippen LogP contribution in [0, 0.1) is 0 Å². The van der Waals surface area contributed by atoms with Crippen molar-refractivity contribution in [3.8, 4) is 5.75 Å². The minimum atomic E-state index is 0.225. The highest BCUT2D eigenvalue weighted by Crippen LogP contribution is 2.16. The van der Waals surface area contributed by atoms with E-state index < -0.39 is 0 Å². The van der Waals surface area contributed by atoms with Crippen LogP contribution in [0.4, 0.5) is 0 Å². The van der Waals surface area contributed by atoms with Crippen LogP contribution in [0.25, 0.3) is 0 Å². The molecule has 1 aromatic rings. The summed E-state index contributed by atoms with van der Waals surface area (Å²) < 4.78 is 5.39. The van der Waals surface area contributed by atoms with Gasteiger partial charge in [-0.1, -0.05) is 38.3 Å². The van der Waals surface area contributed by atoms with Crippen LogP contribution in [0.1, 0.15) is 56.3 Å². The SMILES string of the molecule is CCCCCCC(=O)c1cccc(OCC)c1. The van der Waals surface area contributed by atoms with Crippen molar-refractivity contribution in [2.45, 2.75) is 46.0 Å². The molecule has 0 fully saturated rings. The lowest BCUT2D eigenvalue weighted by Gasteiger charge is -2.05. The van der Waals surface area contributed by atoms with Crippen LogP contribution in [-0.2, 0) is 0 Å². The maximum atomic E-state index is 11.9. The summed E-state index contributed by atoms with van der Waals surface area (Å²) in [6, 6.07) is 7.47. The number of ether oxygens (including phenoxy) is 1. The van der Waals surface area contributed by atoms with E-state index in [-0.39, 0.29) is 5.78 Å². The molecule has 0 atom stereocenters. The minimum absolute atomic E-state index is 0.225. The summed E-state index contributed by atoms with van der Waals surface area (Å²) in [5.41, 5.74) is 0.771. The Morgan fingerprint density at radius 2 is 2.00 bits per heavy atom. The smallest absolute Gasteiger partial charge is 0.163 e. The molecule has 0 N–H and O–H groups in total. The molecular weight excluding hydrogens is 212 g/mol. The highest BCUT2D eigenvalue weighted by molar-refractivity contribution is 5.96. The minimum Gasteiger partial charge on any atom is -0.494 e. The number of carbonyl (C=O) groups excluding carboxylic acids is 1. The molecule has 0 aliphatic heterocycles. The second-order valence-electron chi connectivity index (χ2n) is 4.19. The number of Topliss-reactive ketones (excluding diaryl/α,β-unsaturated/α-hetero) is 1. The standard InChI is InChI=1S/C15H22O2/c1-3-5-6-7-11-15(16)13-9-8-10-14(12-13)17-4-2/h8-10,12H,3-7,11H2,1-2H3. The molecule has 0 aromatic heterocycles. The number of hydrogen-bond acceptors (Lipinski definition) is 2. The fraction of sp³-hybridized carbons (Fsp3) is 0.533. The molecule has 0 saturated heterocycles. The summed E-state index contributed by atoms with van der Waals surface area (Å²) in [6.45, 7) is 4.75. The maximum Gasteiger partial charge on any atom is 0.163 e. The number of hydrogen-bond donors (Lipinski definition) is 0. The zero-order chi connectivity index (χ0) is 12.5. The molecule has 0 spiro atoms. The lowest BCUT2D eigenvalue weighted by atomic mass is 10.0. The van der Waals surface area contributed by atoms with Gasteiger partial charge in [-0.3, -0.25) is 4.79 Å². The third kappa shape index (κ3) is 5.03. The van der Waals surface area contributed by atoms with Crippen molar-refractivity contribution in [3.05, 3.63) is 29.8 Å². The first-order valence-corrected chi connectivity index (χ1v) is 6.54. The van der Waals surface area contributed by atoms with Gasteiger partial charge in [0.05, 0.1) is 6.61 Å². The first-order chi connectivity index (χ1) is 8.27. The molecule has 2 nitrogen and oxygen atoms in total. The Hall–Kier alpha value is -1.31. The summed E-state index contributed by atoms with van der Waals surface area (Å²) >= 11 is 0. The van der Waals surface area contributed by atoms with E-state index in [1.165, 1.54) is 12.8 Å². The van der Waals surface area contributed by atoms with Gasteiger partial charge in [0.25, 0.3) is 0 Å². The predicted molar refractivity (Wildman–Crippen MR) is 70.7 cm³/mol. The van der Waals surface area contributed by atoms with Crippen molar-refractivity contribution < 1.29 is 9.53 Å². The molecule has 0 bridgehead atoms. The van der Waals surface area contributed by atoms with E-state index in [0.717, 1.165) is 24.2 Å². The summed E-state index contributed by atoms with van der Waals surface area (Å²) in [5, 5.41) is 0. The predicted octanol–water partition coefficient (Wildman–Crippen LogP) is 4.24. The molecule has 1 rings (SSSR count). The average molecular weight is 234 g/mol. The van der Waals surface area contributed by atoms with Gasteiger partial charge in [-0.15, -0.1) is 0 Å². The number of carbonyl (C=O) groups is 1. The molecule has 0 saturated carbocycles. The van der Waals surface area contributed by atoms with Crippen molar-refractivity contribution in [1.29, 1.82) is 0 Å². The third-order valence-electron chi connectivity index (χ3n) is 2.72. The van der Waals surface area contributed by atoms with Crippen LogP contribution >= 0.6 is 0 Å². The summed E-state index contributed by atoms with van der Waals surface area (Å²) in [6.07, 6.45) is 5.20. The number of rotatable bonds is 8. The molecule has 0 radical (unpaired) electrons. The molecular formula is C15H22O2. The van der Waals surface area contributed by atoms with Crippen LogP contribution < -0.4 is 4.74 Å². The monoisotopic (exact) mass is 234 g/mol. The zero-order valence-electron chi connectivity index (χ0n) is 10.9. The molecule has 0 amide bonds. The molecule has 1 aromatic carbocycles. The van der Waals surface area contributed by atoms with Crippen LogP contribution in [-0.4, -0.2) is 12.4 Å². The van der Waals surface area contributed by atoms with E-state index in [9.17, 15) is 4.79 Å². The highest BCUT2D eigenvalue weighted by atomic mass is 16.5. The molecule has 0 aliphatic rings. The summed E-state index contributed by atoms with van der Waals surface area (Å²) in [5.74, 6) is 1.01. The lowest BCUT2D eigenvalue weighted by Crippen LogP contribution is -2.00. The third-order valence-corrected chi connectivity index (χ3v) is 2.72. The molecule has 0 heterocycles. The topological polar surface area (TPSA) is 26.3 Å². The van der Waals surface area contributed by atoms with Gasteiger partial charge in [0.1, 0.15) is 5.75 Å². The van der Waals surface area contributed by atoms with Crippen molar-refractivity contribution >= 4 is 5.78 Å². The zero-order valence-corrected chi connectivity index (χ0v) is 10.9. The molecule has 0 aliphatic carbocycles. The number of ketones is 1. The van der Waals surface area contributed by atoms with E-state index in [1.807, 2.05) is 31.2 Å². The lowest BCUT2D eigenvalue weighted by molar-refractivity contribution is 0.0978. The number of unbranched alkanes of at least 4 members (excludes halogenated alkanes) is 3. The molecule has 94 valence electrons. The average Bonchev–Trinajstić information content (AvgIpc) is 2.35. The Morgan fingerprint density at radius 1 is 1.18 bits per heavy atom.